The first-order chi connectivity index (χ1) is 10.1. The molecule has 110 valence electrons. The second-order valence-corrected chi connectivity index (χ2v) is 4.60. The number of urea groups is 1. The molecule has 0 unspecified atom stereocenters. The second-order valence-electron chi connectivity index (χ2n) is 4.16. The summed E-state index contributed by atoms with van der Waals surface area (Å²) in [6.45, 7) is 0.592. The van der Waals surface area contributed by atoms with Gasteiger partial charge in [-0.1, -0.05) is 23.7 Å². The minimum absolute atomic E-state index is 0.133. The maximum atomic E-state index is 13.3. The van der Waals surface area contributed by atoms with Crippen molar-refractivity contribution in [3.63, 3.8) is 0 Å². The lowest BCUT2D eigenvalue weighted by atomic mass is 10.3. The van der Waals surface area contributed by atoms with E-state index in [0.29, 0.717) is 23.9 Å². The summed E-state index contributed by atoms with van der Waals surface area (Å²) in [7, 11) is 0. The first kappa shape index (κ1) is 15.1. The number of hydrogen-bond donors (Lipinski definition) is 2. The summed E-state index contributed by atoms with van der Waals surface area (Å²) in [5.74, 6) is 0.181. The van der Waals surface area contributed by atoms with Crippen LogP contribution in [0.15, 0.2) is 48.5 Å². The molecule has 0 saturated heterocycles. The monoisotopic (exact) mass is 308 g/mol. The van der Waals surface area contributed by atoms with Crippen molar-refractivity contribution in [2.45, 2.75) is 0 Å². The van der Waals surface area contributed by atoms with Gasteiger partial charge in [-0.25, -0.2) is 9.18 Å². The normalized spacial score (nSPS) is 10.0. The standard InChI is InChI=1S/C15H14ClFN2O2/c16-11-5-7-12(8-6-11)21-10-9-18-15(20)19-14-4-2-1-3-13(14)17/h1-8H,9-10H2,(H2,18,19,20). The van der Waals surface area contributed by atoms with Crippen molar-refractivity contribution in [2.75, 3.05) is 18.5 Å². The average molecular weight is 309 g/mol. The van der Waals surface area contributed by atoms with E-state index in [1.807, 2.05) is 0 Å². The van der Waals surface area contributed by atoms with E-state index in [-0.39, 0.29) is 5.69 Å². The molecule has 2 N–H and O–H groups in total. The Bertz CT molecular complexity index is 605. The van der Waals surface area contributed by atoms with Gasteiger partial charge in [-0.05, 0) is 36.4 Å². The highest BCUT2D eigenvalue weighted by Crippen LogP contribution is 2.15. The second kappa shape index (κ2) is 7.50. The third kappa shape index (κ3) is 4.96. The molecule has 0 fully saturated rings. The molecule has 0 saturated carbocycles. The van der Waals surface area contributed by atoms with Crippen LogP contribution in [0.5, 0.6) is 5.75 Å². The molecule has 2 aromatic carbocycles. The number of ether oxygens (including phenoxy) is 1. The molecule has 21 heavy (non-hydrogen) atoms. The minimum atomic E-state index is -0.486. The molecule has 0 spiro atoms. The number of benzene rings is 2. The number of nitrogens with one attached hydrogen (secondary N) is 2. The van der Waals surface area contributed by atoms with Crippen LogP contribution in [0, 0.1) is 5.82 Å². The Morgan fingerprint density at radius 3 is 2.57 bits per heavy atom. The Kier molecular flexibility index (Phi) is 5.40. The Morgan fingerprint density at radius 2 is 1.86 bits per heavy atom. The number of rotatable bonds is 5. The molecule has 0 aliphatic carbocycles. The number of anilines is 1. The summed E-state index contributed by atoms with van der Waals surface area (Å²) in [4.78, 5) is 11.6. The summed E-state index contributed by atoms with van der Waals surface area (Å²) in [5.41, 5.74) is 0.133. The van der Waals surface area contributed by atoms with Crippen LogP contribution in [-0.4, -0.2) is 19.2 Å². The van der Waals surface area contributed by atoms with Gasteiger partial charge in [-0.15, -0.1) is 0 Å². The predicted octanol–water partition coefficient (Wildman–Crippen LogP) is 3.68. The molecule has 0 aromatic heterocycles. The average Bonchev–Trinajstić information content (AvgIpc) is 2.48. The zero-order valence-electron chi connectivity index (χ0n) is 11.1. The highest BCUT2D eigenvalue weighted by atomic mass is 35.5. The van der Waals surface area contributed by atoms with Gasteiger partial charge in [0.05, 0.1) is 12.2 Å². The Morgan fingerprint density at radius 1 is 1.14 bits per heavy atom. The first-order valence-electron chi connectivity index (χ1n) is 6.33. The van der Waals surface area contributed by atoms with Crippen LogP contribution in [0.4, 0.5) is 14.9 Å². The number of amides is 2. The number of carbonyl (C=O) groups excluding carboxylic acids is 1. The summed E-state index contributed by atoms with van der Waals surface area (Å²) in [6.07, 6.45) is 0. The lowest BCUT2D eigenvalue weighted by molar-refractivity contribution is 0.247. The number of carbonyl (C=O) groups is 1. The Labute approximate surface area is 126 Å². The fourth-order valence-corrected chi connectivity index (χ4v) is 1.72. The highest BCUT2D eigenvalue weighted by molar-refractivity contribution is 6.30. The largest absolute Gasteiger partial charge is 0.492 e. The molecule has 0 aliphatic rings. The van der Waals surface area contributed by atoms with Gasteiger partial charge in [0.1, 0.15) is 18.2 Å². The lowest BCUT2D eigenvalue weighted by Gasteiger charge is -2.09. The zero-order chi connectivity index (χ0) is 15.1. The van der Waals surface area contributed by atoms with E-state index in [1.54, 1.807) is 36.4 Å². The van der Waals surface area contributed by atoms with Crippen LogP contribution in [0.2, 0.25) is 5.02 Å². The van der Waals surface area contributed by atoms with E-state index in [2.05, 4.69) is 10.6 Å². The molecule has 2 amide bonds. The molecule has 0 radical (unpaired) electrons. The van der Waals surface area contributed by atoms with Crippen molar-refractivity contribution < 1.29 is 13.9 Å². The van der Waals surface area contributed by atoms with Gasteiger partial charge in [0.25, 0.3) is 0 Å². The topological polar surface area (TPSA) is 50.4 Å². The third-order valence-electron chi connectivity index (χ3n) is 2.59. The van der Waals surface area contributed by atoms with Crippen molar-refractivity contribution in [2.24, 2.45) is 0 Å². The molecule has 0 bridgehead atoms. The fourth-order valence-electron chi connectivity index (χ4n) is 1.59. The molecule has 0 heterocycles. The van der Waals surface area contributed by atoms with Gasteiger partial charge < -0.3 is 15.4 Å². The van der Waals surface area contributed by atoms with Crippen LogP contribution in [0.25, 0.3) is 0 Å². The van der Waals surface area contributed by atoms with Crippen LogP contribution in [0.3, 0.4) is 0 Å². The molecule has 4 nitrogen and oxygen atoms in total. The van der Waals surface area contributed by atoms with Crippen molar-refractivity contribution >= 4 is 23.3 Å². The molecule has 0 atom stereocenters. The summed E-state index contributed by atoms with van der Waals surface area (Å²) < 4.78 is 18.7. The molecule has 2 rings (SSSR count). The van der Waals surface area contributed by atoms with E-state index in [4.69, 9.17) is 16.3 Å². The Hall–Kier alpha value is -2.27. The maximum absolute atomic E-state index is 13.3. The molecule has 0 aliphatic heterocycles. The smallest absolute Gasteiger partial charge is 0.319 e. The minimum Gasteiger partial charge on any atom is -0.492 e. The molecule has 6 heteroatoms. The van der Waals surface area contributed by atoms with E-state index >= 15 is 0 Å². The van der Waals surface area contributed by atoms with Gasteiger partial charge in [0, 0.05) is 5.02 Å². The van der Waals surface area contributed by atoms with Crippen molar-refractivity contribution in [3.8, 4) is 5.75 Å². The number of para-hydroxylation sites is 1. The quantitative estimate of drug-likeness (QED) is 0.828. The van der Waals surface area contributed by atoms with E-state index in [0.717, 1.165) is 0 Å². The Balaban J connectivity index is 1.70. The number of halogens is 2. The van der Waals surface area contributed by atoms with Gasteiger partial charge in [-0.3, -0.25) is 0 Å². The lowest BCUT2D eigenvalue weighted by Crippen LogP contribution is -2.32. The third-order valence-corrected chi connectivity index (χ3v) is 2.84. The van der Waals surface area contributed by atoms with E-state index in [9.17, 15) is 9.18 Å². The molecular weight excluding hydrogens is 295 g/mol. The van der Waals surface area contributed by atoms with E-state index in [1.165, 1.54) is 12.1 Å². The van der Waals surface area contributed by atoms with Crippen LogP contribution in [-0.2, 0) is 0 Å². The van der Waals surface area contributed by atoms with Gasteiger partial charge in [0.2, 0.25) is 0 Å². The first-order valence-corrected chi connectivity index (χ1v) is 6.71. The molecule has 2 aromatic rings. The summed E-state index contributed by atoms with van der Waals surface area (Å²) in [6, 6.07) is 12.4. The fraction of sp³-hybridized carbons (Fsp3) is 0.133. The van der Waals surface area contributed by atoms with Crippen molar-refractivity contribution in [1.29, 1.82) is 0 Å². The van der Waals surface area contributed by atoms with Crippen LogP contribution in [0.1, 0.15) is 0 Å². The van der Waals surface area contributed by atoms with Gasteiger partial charge in [-0.2, -0.15) is 0 Å². The molecular formula is C15H14ClFN2O2. The van der Waals surface area contributed by atoms with Crippen LogP contribution >= 0.6 is 11.6 Å². The van der Waals surface area contributed by atoms with E-state index < -0.39 is 11.8 Å². The number of hydrogen-bond acceptors (Lipinski definition) is 2. The zero-order valence-corrected chi connectivity index (χ0v) is 11.9. The van der Waals surface area contributed by atoms with Gasteiger partial charge in [0.15, 0.2) is 0 Å². The van der Waals surface area contributed by atoms with Crippen molar-refractivity contribution in [1.82, 2.24) is 5.32 Å². The highest BCUT2D eigenvalue weighted by Gasteiger charge is 2.05. The van der Waals surface area contributed by atoms with Crippen molar-refractivity contribution in [3.05, 3.63) is 59.4 Å². The SMILES string of the molecule is O=C(NCCOc1ccc(Cl)cc1)Nc1ccccc1F. The van der Waals surface area contributed by atoms with Crippen LogP contribution < -0.4 is 15.4 Å². The van der Waals surface area contributed by atoms with Gasteiger partial charge >= 0.3 is 6.03 Å². The maximum Gasteiger partial charge on any atom is 0.319 e. The summed E-state index contributed by atoms with van der Waals surface area (Å²) in [5, 5.41) is 5.62. The summed E-state index contributed by atoms with van der Waals surface area (Å²) >= 11 is 5.75. The predicted molar refractivity (Wildman–Crippen MR) is 80.4 cm³/mol.